The lowest BCUT2D eigenvalue weighted by molar-refractivity contribution is 0.0927. The van der Waals surface area contributed by atoms with Gasteiger partial charge >= 0.3 is 0 Å². The maximum atomic E-state index is 13.5. The van der Waals surface area contributed by atoms with Crippen LogP contribution in [0.1, 0.15) is 26.3 Å². The van der Waals surface area contributed by atoms with Crippen LogP contribution in [0.2, 0.25) is 0 Å². The fraction of sp³-hybridized carbons (Fsp3) is 0.263. The van der Waals surface area contributed by atoms with Crippen LogP contribution in [0.15, 0.2) is 36.4 Å². The van der Waals surface area contributed by atoms with Gasteiger partial charge in [0.15, 0.2) is 0 Å². The first-order chi connectivity index (χ1) is 12.4. The molecule has 2 amide bonds. The van der Waals surface area contributed by atoms with E-state index in [2.05, 4.69) is 10.6 Å². The van der Waals surface area contributed by atoms with E-state index >= 15 is 0 Å². The van der Waals surface area contributed by atoms with Crippen LogP contribution in [0.3, 0.4) is 0 Å². The van der Waals surface area contributed by atoms with Crippen molar-refractivity contribution in [2.75, 3.05) is 27.3 Å². The zero-order valence-corrected chi connectivity index (χ0v) is 14.9. The Morgan fingerprint density at radius 2 is 1.42 bits per heavy atom. The highest BCUT2D eigenvalue weighted by atomic mass is 19.1. The van der Waals surface area contributed by atoms with E-state index in [0.717, 1.165) is 0 Å². The topological polar surface area (TPSA) is 76.7 Å². The van der Waals surface area contributed by atoms with Gasteiger partial charge in [0, 0.05) is 30.3 Å². The average Bonchev–Trinajstić information content (AvgIpc) is 2.66. The monoisotopic (exact) mass is 360 g/mol. The number of amides is 2. The predicted octanol–water partition coefficient (Wildman–Crippen LogP) is 2.31. The van der Waals surface area contributed by atoms with Crippen LogP contribution in [0.5, 0.6) is 11.5 Å². The van der Waals surface area contributed by atoms with Gasteiger partial charge in [-0.25, -0.2) is 4.39 Å². The number of hydrogen-bond donors (Lipinski definition) is 2. The molecule has 0 spiro atoms. The third-order valence-corrected chi connectivity index (χ3v) is 3.74. The molecule has 2 rings (SSSR count). The summed E-state index contributed by atoms with van der Waals surface area (Å²) in [4.78, 5) is 24.2. The highest BCUT2D eigenvalue weighted by molar-refractivity contribution is 5.95. The largest absolute Gasteiger partial charge is 0.497 e. The number of nitrogens with one attached hydrogen (secondary N) is 2. The summed E-state index contributed by atoms with van der Waals surface area (Å²) in [7, 11) is 3.00. The number of hydrogen-bond acceptors (Lipinski definition) is 4. The minimum atomic E-state index is -0.432. The third-order valence-electron chi connectivity index (χ3n) is 3.74. The number of methoxy groups -OCH3 is 2. The molecular weight excluding hydrogens is 339 g/mol. The highest BCUT2D eigenvalue weighted by Crippen LogP contribution is 2.22. The molecule has 0 bridgehead atoms. The molecule has 2 N–H and O–H groups in total. The first-order valence-corrected chi connectivity index (χ1v) is 8.00. The minimum Gasteiger partial charge on any atom is -0.497 e. The molecule has 0 aliphatic rings. The molecule has 7 heteroatoms. The molecule has 0 aliphatic heterocycles. The van der Waals surface area contributed by atoms with Crippen molar-refractivity contribution >= 4 is 11.8 Å². The number of aryl methyl sites for hydroxylation is 1. The predicted molar refractivity (Wildman–Crippen MR) is 95.3 cm³/mol. The smallest absolute Gasteiger partial charge is 0.251 e. The van der Waals surface area contributed by atoms with Gasteiger partial charge in [0.05, 0.1) is 14.2 Å². The van der Waals surface area contributed by atoms with Gasteiger partial charge in [-0.05, 0) is 36.8 Å². The van der Waals surface area contributed by atoms with Crippen molar-refractivity contribution in [3.8, 4) is 11.5 Å². The minimum absolute atomic E-state index is 0.209. The Morgan fingerprint density at radius 1 is 0.885 bits per heavy atom. The van der Waals surface area contributed by atoms with Crippen molar-refractivity contribution in [2.24, 2.45) is 0 Å². The molecule has 0 saturated carbocycles. The lowest BCUT2D eigenvalue weighted by Crippen LogP contribution is -2.34. The van der Waals surface area contributed by atoms with E-state index in [0.29, 0.717) is 22.6 Å². The van der Waals surface area contributed by atoms with Gasteiger partial charge in [0.1, 0.15) is 17.3 Å². The Hall–Kier alpha value is -3.09. The summed E-state index contributed by atoms with van der Waals surface area (Å²) >= 11 is 0. The van der Waals surface area contributed by atoms with E-state index in [4.69, 9.17) is 9.47 Å². The lowest BCUT2D eigenvalue weighted by atomic mass is 10.1. The van der Waals surface area contributed by atoms with Gasteiger partial charge in [0.25, 0.3) is 11.8 Å². The number of ether oxygens (including phenoxy) is 2. The first-order valence-electron chi connectivity index (χ1n) is 8.00. The van der Waals surface area contributed by atoms with Crippen LogP contribution in [0, 0.1) is 12.7 Å². The number of carbonyl (C=O) groups excluding carboxylic acids is 2. The van der Waals surface area contributed by atoms with Crippen LogP contribution in [-0.4, -0.2) is 39.1 Å². The molecule has 0 aliphatic carbocycles. The third kappa shape index (κ3) is 4.95. The summed E-state index contributed by atoms with van der Waals surface area (Å²) in [5.41, 5.74) is 1.09. The van der Waals surface area contributed by atoms with Crippen LogP contribution >= 0.6 is 0 Å². The lowest BCUT2D eigenvalue weighted by Gasteiger charge is -2.10. The van der Waals surface area contributed by atoms with Crippen molar-refractivity contribution in [3.63, 3.8) is 0 Å². The fourth-order valence-electron chi connectivity index (χ4n) is 2.23. The van der Waals surface area contributed by atoms with E-state index in [1.54, 1.807) is 37.3 Å². The molecule has 0 aromatic heterocycles. The summed E-state index contributed by atoms with van der Waals surface area (Å²) in [6, 6.07) is 9.12. The molecule has 6 nitrogen and oxygen atoms in total. The summed E-state index contributed by atoms with van der Waals surface area (Å²) in [5.74, 6) is -0.148. The van der Waals surface area contributed by atoms with Gasteiger partial charge in [0.2, 0.25) is 0 Å². The van der Waals surface area contributed by atoms with Crippen LogP contribution < -0.4 is 20.1 Å². The average molecular weight is 360 g/mol. The second kappa shape index (κ2) is 8.84. The zero-order chi connectivity index (χ0) is 19.1. The van der Waals surface area contributed by atoms with E-state index in [1.807, 2.05) is 0 Å². The van der Waals surface area contributed by atoms with Crippen molar-refractivity contribution in [3.05, 3.63) is 58.9 Å². The van der Waals surface area contributed by atoms with Crippen molar-refractivity contribution in [1.29, 1.82) is 0 Å². The number of carbonyl (C=O) groups is 2. The summed E-state index contributed by atoms with van der Waals surface area (Å²) in [6.07, 6.45) is 0. The Labute approximate surface area is 151 Å². The molecule has 0 saturated heterocycles. The fourth-order valence-corrected chi connectivity index (χ4v) is 2.23. The normalized spacial score (nSPS) is 10.2. The van der Waals surface area contributed by atoms with E-state index in [9.17, 15) is 14.0 Å². The summed E-state index contributed by atoms with van der Waals surface area (Å²) in [5, 5.41) is 5.32. The van der Waals surface area contributed by atoms with Crippen molar-refractivity contribution in [1.82, 2.24) is 10.6 Å². The number of benzene rings is 2. The second-order valence-corrected chi connectivity index (χ2v) is 5.58. The Bertz CT molecular complexity index is 786. The van der Waals surface area contributed by atoms with Crippen molar-refractivity contribution < 1.29 is 23.5 Å². The van der Waals surface area contributed by atoms with Gasteiger partial charge in [-0.3, -0.25) is 9.59 Å². The van der Waals surface area contributed by atoms with E-state index < -0.39 is 11.7 Å². The molecule has 26 heavy (non-hydrogen) atoms. The van der Waals surface area contributed by atoms with Crippen LogP contribution in [0.25, 0.3) is 0 Å². The Balaban J connectivity index is 1.86. The number of rotatable bonds is 7. The number of halogens is 1. The Morgan fingerprint density at radius 3 is 1.92 bits per heavy atom. The van der Waals surface area contributed by atoms with Gasteiger partial charge in [-0.15, -0.1) is 0 Å². The maximum absolute atomic E-state index is 13.5. The van der Waals surface area contributed by atoms with Crippen molar-refractivity contribution in [2.45, 2.75) is 6.92 Å². The van der Waals surface area contributed by atoms with Gasteiger partial charge in [-0.2, -0.15) is 0 Å². The Kier molecular flexibility index (Phi) is 6.54. The molecular formula is C19H21FN2O4. The maximum Gasteiger partial charge on any atom is 0.251 e. The molecule has 0 unspecified atom stereocenters. The molecule has 138 valence electrons. The molecule has 2 aromatic rings. The van der Waals surface area contributed by atoms with Crippen LogP contribution in [0.4, 0.5) is 4.39 Å². The summed E-state index contributed by atoms with van der Waals surface area (Å²) < 4.78 is 23.7. The van der Waals surface area contributed by atoms with Gasteiger partial charge in [-0.1, -0.05) is 6.07 Å². The zero-order valence-electron chi connectivity index (χ0n) is 14.9. The standard InChI is InChI=1S/C19H21FN2O4/c1-12-4-5-13(10-17(12)20)18(23)21-6-7-22-19(24)14-8-15(25-2)11-16(9-14)26-3/h4-5,8-11H,6-7H2,1-3H3,(H,21,23)(H,22,24). The van der Waals surface area contributed by atoms with E-state index in [-0.39, 0.29) is 24.6 Å². The molecule has 0 fully saturated rings. The quantitative estimate of drug-likeness (QED) is 0.743. The van der Waals surface area contributed by atoms with Gasteiger partial charge < -0.3 is 20.1 Å². The molecule has 0 radical (unpaired) electrons. The highest BCUT2D eigenvalue weighted by Gasteiger charge is 2.11. The van der Waals surface area contributed by atoms with Crippen LogP contribution in [-0.2, 0) is 0 Å². The molecule has 0 heterocycles. The van der Waals surface area contributed by atoms with E-state index in [1.165, 1.54) is 20.3 Å². The first kappa shape index (κ1) is 19.2. The second-order valence-electron chi connectivity index (χ2n) is 5.58. The SMILES string of the molecule is COc1cc(OC)cc(C(=O)NCCNC(=O)c2ccc(C)c(F)c2)c1. The summed E-state index contributed by atoms with van der Waals surface area (Å²) in [6.45, 7) is 2.06. The molecule has 0 atom stereocenters. The molecule has 2 aromatic carbocycles.